The standard InChI is InChI=1S/C13H11ClFN3O/c1-16-12-11(15)10(6-7-17-12)13(19)18-9-4-2-8(14)3-5-9/h2-7H,1H3,(H,16,17)(H,18,19). The van der Waals surface area contributed by atoms with Crippen LogP contribution in [0.5, 0.6) is 0 Å². The normalized spacial score (nSPS) is 10.1. The maximum absolute atomic E-state index is 13.9. The van der Waals surface area contributed by atoms with Gasteiger partial charge < -0.3 is 10.6 Å². The van der Waals surface area contributed by atoms with Crippen molar-refractivity contribution in [2.75, 3.05) is 17.7 Å². The average Bonchev–Trinajstić information content (AvgIpc) is 2.41. The van der Waals surface area contributed by atoms with Gasteiger partial charge in [-0.2, -0.15) is 0 Å². The zero-order valence-electron chi connectivity index (χ0n) is 10.1. The molecule has 0 aliphatic rings. The number of hydrogen-bond donors (Lipinski definition) is 2. The monoisotopic (exact) mass is 279 g/mol. The van der Waals surface area contributed by atoms with Crippen molar-refractivity contribution in [3.8, 4) is 0 Å². The first-order chi connectivity index (χ1) is 9.11. The lowest BCUT2D eigenvalue weighted by atomic mass is 10.2. The molecule has 0 aliphatic heterocycles. The second-order valence-corrected chi connectivity index (χ2v) is 4.17. The molecule has 0 radical (unpaired) electrons. The van der Waals surface area contributed by atoms with E-state index in [9.17, 15) is 9.18 Å². The van der Waals surface area contributed by atoms with E-state index in [1.807, 2.05) is 0 Å². The molecule has 98 valence electrons. The largest absolute Gasteiger partial charge is 0.371 e. The van der Waals surface area contributed by atoms with Gasteiger partial charge in [-0.25, -0.2) is 9.37 Å². The summed E-state index contributed by atoms with van der Waals surface area (Å²) in [5.74, 6) is -1.20. The fourth-order valence-corrected chi connectivity index (χ4v) is 1.65. The number of amides is 1. The van der Waals surface area contributed by atoms with Crippen molar-refractivity contribution in [1.29, 1.82) is 0 Å². The van der Waals surface area contributed by atoms with Crippen molar-refractivity contribution in [3.05, 3.63) is 52.9 Å². The lowest BCUT2D eigenvalue weighted by molar-refractivity contribution is 0.102. The molecule has 0 atom stereocenters. The molecule has 19 heavy (non-hydrogen) atoms. The summed E-state index contributed by atoms with van der Waals surface area (Å²) in [5, 5.41) is 5.72. The van der Waals surface area contributed by atoms with Crippen molar-refractivity contribution in [3.63, 3.8) is 0 Å². The van der Waals surface area contributed by atoms with Gasteiger partial charge in [-0.15, -0.1) is 0 Å². The lowest BCUT2D eigenvalue weighted by Crippen LogP contribution is -2.15. The summed E-state index contributed by atoms with van der Waals surface area (Å²) in [6.45, 7) is 0. The van der Waals surface area contributed by atoms with Gasteiger partial charge in [-0.3, -0.25) is 4.79 Å². The Morgan fingerprint density at radius 2 is 1.95 bits per heavy atom. The van der Waals surface area contributed by atoms with Crippen molar-refractivity contribution in [1.82, 2.24) is 4.98 Å². The van der Waals surface area contributed by atoms with Gasteiger partial charge in [0, 0.05) is 24.0 Å². The van der Waals surface area contributed by atoms with Crippen LogP contribution in [0, 0.1) is 5.82 Å². The third kappa shape index (κ3) is 3.00. The summed E-state index contributed by atoms with van der Waals surface area (Å²) in [4.78, 5) is 15.7. The Bertz CT molecular complexity index is 601. The summed E-state index contributed by atoms with van der Waals surface area (Å²) in [7, 11) is 1.53. The van der Waals surface area contributed by atoms with Crippen LogP contribution < -0.4 is 10.6 Å². The quantitative estimate of drug-likeness (QED) is 0.907. The molecule has 1 aromatic heterocycles. The van der Waals surface area contributed by atoms with Gasteiger partial charge in [0.2, 0.25) is 0 Å². The topological polar surface area (TPSA) is 54.0 Å². The zero-order chi connectivity index (χ0) is 13.8. The van der Waals surface area contributed by atoms with Crippen LogP contribution in [-0.4, -0.2) is 17.9 Å². The van der Waals surface area contributed by atoms with E-state index in [-0.39, 0.29) is 11.4 Å². The first-order valence-electron chi connectivity index (χ1n) is 5.51. The van der Waals surface area contributed by atoms with E-state index >= 15 is 0 Å². The Morgan fingerprint density at radius 1 is 1.26 bits per heavy atom. The molecule has 0 unspecified atom stereocenters. The van der Waals surface area contributed by atoms with Crippen LogP contribution in [0.3, 0.4) is 0 Å². The Labute approximate surface area is 114 Å². The Balaban J connectivity index is 2.23. The van der Waals surface area contributed by atoms with E-state index in [1.165, 1.54) is 19.3 Å². The lowest BCUT2D eigenvalue weighted by Gasteiger charge is -2.08. The number of rotatable bonds is 3. The van der Waals surface area contributed by atoms with Crippen LogP contribution in [-0.2, 0) is 0 Å². The molecule has 0 bridgehead atoms. The van der Waals surface area contributed by atoms with Crippen molar-refractivity contribution in [2.24, 2.45) is 0 Å². The fourth-order valence-electron chi connectivity index (χ4n) is 1.53. The van der Waals surface area contributed by atoms with Crippen LogP contribution in [0.1, 0.15) is 10.4 Å². The predicted molar refractivity (Wildman–Crippen MR) is 73.1 cm³/mol. The van der Waals surface area contributed by atoms with E-state index in [0.29, 0.717) is 10.7 Å². The molecule has 0 spiro atoms. The maximum Gasteiger partial charge on any atom is 0.258 e. The number of nitrogens with zero attached hydrogens (tertiary/aromatic N) is 1. The molecule has 0 saturated heterocycles. The molecule has 1 amide bonds. The number of benzene rings is 1. The highest BCUT2D eigenvalue weighted by Crippen LogP contribution is 2.18. The van der Waals surface area contributed by atoms with Crippen LogP contribution in [0.4, 0.5) is 15.9 Å². The van der Waals surface area contributed by atoms with E-state index < -0.39 is 11.7 Å². The number of pyridine rings is 1. The van der Waals surface area contributed by atoms with Gasteiger partial charge in [-0.1, -0.05) is 11.6 Å². The van der Waals surface area contributed by atoms with Gasteiger partial charge in [0.25, 0.3) is 5.91 Å². The molecular formula is C13H11ClFN3O. The SMILES string of the molecule is CNc1nccc(C(=O)Nc2ccc(Cl)cc2)c1F. The van der Waals surface area contributed by atoms with Crippen molar-refractivity contribution < 1.29 is 9.18 Å². The highest BCUT2D eigenvalue weighted by Gasteiger charge is 2.15. The van der Waals surface area contributed by atoms with Gasteiger partial charge in [-0.05, 0) is 30.3 Å². The second-order valence-electron chi connectivity index (χ2n) is 3.73. The van der Waals surface area contributed by atoms with Crippen LogP contribution in [0.2, 0.25) is 5.02 Å². The molecule has 2 rings (SSSR count). The number of hydrogen-bond acceptors (Lipinski definition) is 3. The second kappa shape index (κ2) is 5.67. The highest BCUT2D eigenvalue weighted by atomic mass is 35.5. The minimum atomic E-state index is -0.684. The van der Waals surface area contributed by atoms with E-state index in [1.54, 1.807) is 24.3 Å². The number of carbonyl (C=O) groups excluding carboxylic acids is 1. The molecule has 0 aliphatic carbocycles. The number of anilines is 2. The van der Waals surface area contributed by atoms with Crippen LogP contribution >= 0.6 is 11.6 Å². The van der Waals surface area contributed by atoms with Crippen molar-refractivity contribution in [2.45, 2.75) is 0 Å². The number of aromatic nitrogens is 1. The minimum Gasteiger partial charge on any atom is -0.371 e. The first-order valence-corrected chi connectivity index (χ1v) is 5.89. The smallest absolute Gasteiger partial charge is 0.258 e. The Kier molecular flexibility index (Phi) is 3.97. The van der Waals surface area contributed by atoms with Gasteiger partial charge in [0.05, 0.1) is 5.56 Å². The van der Waals surface area contributed by atoms with E-state index in [4.69, 9.17) is 11.6 Å². The van der Waals surface area contributed by atoms with Crippen molar-refractivity contribution >= 4 is 29.0 Å². The summed E-state index contributed by atoms with van der Waals surface area (Å²) in [6.07, 6.45) is 1.37. The summed E-state index contributed by atoms with van der Waals surface area (Å²) in [6, 6.07) is 7.87. The molecular weight excluding hydrogens is 269 g/mol. The van der Waals surface area contributed by atoms with E-state index in [2.05, 4.69) is 15.6 Å². The molecule has 1 aromatic carbocycles. The molecule has 2 N–H and O–H groups in total. The summed E-state index contributed by atoms with van der Waals surface area (Å²) >= 11 is 5.74. The predicted octanol–water partition coefficient (Wildman–Crippen LogP) is 3.17. The minimum absolute atomic E-state index is 0.0313. The van der Waals surface area contributed by atoms with Crippen LogP contribution in [0.25, 0.3) is 0 Å². The average molecular weight is 280 g/mol. The number of halogens is 2. The Morgan fingerprint density at radius 3 is 2.58 bits per heavy atom. The molecule has 6 heteroatoms. The summed E-state index contributed by atoms with van der Waals surface area (Å²) < 4.78 is 13.9. The zero-order valence-corrected chi connectivity index (χ0v) is 10.8. The molecule has 0 fully saturated rings. The number of carbonyl (C=O) groups is 1. The molecule has 0 saturated carbocycles. The summed E-state index contributed by atoms with van der Waals surface area (Å²) in [5.41, 5.74) is 0.464. The number of nitrogens with one attached hydrogen (secondary N) is 2. The maximum atomic E-state index is 13.9. The van der Waals surface area contributed by atoms with Crippen LogP contribution in [0.15, 0.2) is 36.5 Å². The molecule has 1 heterocycles. The van der Waals surface area contributed by atoms with Gasteiger partial charge >= 0.3 is 0 Å². The molecule has 2 aromatic rings. The third-order valence-electron chi connectivity index (χ3n) is 2.47. The van der Waals surface area contributed by atoms with Gasteiger partial charge in [0.1, 0.15) is 0 Å². The third-order valence-corrected chi connectivity index (χ3v) is 2.72. The first kappa shape index (κ1) is 13.3. The Hall–Kier alpha value is -2.14. The molecule has 4 nitrogen and oxygen atoms in total. The van der Waals surface area contributed by atoms with E-state index in [0.717, 1.165) is 0 Å². The van der Waals surface area contributed by atoms with Gasteiger partial charge in [0.15, 0.2) is 11.6 Å². The highest BCUT2D eigenvalue weighted by molar-refractivity contribution is 6.30. The fraction of sp³-hybridized carbons (Fsp3) is 0.0769.